The fourth-order valence-corrected chi connectivity index (χ4v) is 4.63. The topological polar surface area (TPSA) is 105 Å². The lowest BCUT2D eigenvalue weighted by Gasteiger charge is -2.28. The zero-order valence-electron chi connectivity index (χ0n) is 21.5. The lowest BCUT2D eigenvalue weighted by molar-refractivity contribution is -0.185. The minimum Gasteiger partial charge on any atom is -0.462 e. The first-order valence-electron chi connectivity index (χ1n) is 12.9. The van der Waals surface area contributed by atoms with Crippen molar-refractivity contribution in [2.45, 2.75) is 64.0 Å². The lowest BCUT2D eigenvalue weighted by Crippen LogP contribution is -2.31. The molecule has 1 atom stereocenters. The van der Waals surface area contributed by atoms with E-state index in [4.69, 9.17) is 20.9 Å². The second-order valence-corrected chi connectivity index (χ2v) is 9.82. The van der Waals surface area contributed by atoms with Crippen molar-refractivity contribution in [1.82, 2.24) is 0 Å². The van der Waals surface area contributed by atoms with Crippen LogP contribution in [0.4, 0.5) is 24.5 Å². The summed E-state index contributed by atoms with van der Waals surface area (Å²) in [5, 5.41) is 0. The number of esters is 2. The van der Waals surface area contributed by atoms with Crippen molar-refractivity contribution in [1.29, 1.82) is 0 Å². The minimum atomic E-state index is -4.22. The molecular formula is C29H35F3N2O4. The van der Waals surface area contributed by atoms with Gasteiger partial charge in [0.1, 0.15) is 5.75 Å². The third-order valence-corrected chi connectivity index (χ3v) is 6.84. The van der Waals surface area contributed by atoms with Crippen LogP contribution < -0.4 is 16.2 Å². The molecule has 0 spiro atoms. The molecule has 0 aliphatic heterocycles. The first-order chi connectivity index (χ1) is 18.0. The molecule has 4 N–H and O–H groups in total. The largest absolute Gasteiger partial charge is 0.462 e. The molecule has 9 heteroatoms. The van der Waals surface area contributed by atoms with Gasteiger partial charge in [-0.05, 0) is 79.6 Å². The zero-order chi connectivity index (χ0) is 27.7. The molecule has 2 aromatic rings. The molecule has 1 unspecified atom stereocenters. The maximum atomic E-state index is 12.8. The van der Waals surface area contributed by atoms with Crippen LogP contribution in [-0.2, 0) is 14.3 Å². The summed E-state index contributed by atoms with van der Waals surface area (Å²) in [6, 6.07) is 11.9. The number of nitrogen functional groups attached to an aromatic ring is 2. The predicted molar refractivity (Wildman–Crippen MR) is 141 cm³/mol. The summed E-state index contributed by atoms with van der Waals surface area (Å²) in [4.78, 5) is 24.7. The summed E-state index contributed by atoms with van der Waals surface area (Å²) in [7, 11) is 0. The van der Waals surface area contributed by atoms with Gasteiger partial charge in [-0.2, -0.15) is 13.2 Å². The quantitative estimate of drug-likeness (QED) is 0.154. The first-order valence-corrected chi connectivity index (χ1v) is 12.9. The summed E-state index contributed by atoms with van der Waals surface area (Å²) < 4.78 is 49.3. The Hall–Kier alpha value is -3.49. The number of halogens is 3. The van der Waals surface area contributed by atoms with E-state index in [0.717, 1.165) is 24.8 Å². The van der Waals surface area contributed by atoms with Crippen LogP contribution in [0.15, 0.2) is 48.5 Å². The Morgan fingerprint density at radius 3 is 2.24 bits per heavy atom. The maximum Gasteiger partial charge on any atom is 0.391 e. The van der Waals surface area contributed by atoms with Crippen LogP contribution in [0.3, 0.4) is 0 Å². The fraction of sp³-hybridized carbons (Fsp3) is 0.448. The molecule has 6 nitrogen and oxygen atoms in total. The van der Waals surface area contributed by atoms with E-state index in [-0.39, 0.29) is 38.2 Å². The average molecular weight is 533 g/mol. The monoisotopic (exact) mass is 532 g/mol. The van der Waals surface area contributed by atoms with Gasteiger partial charge in [-0.15, -0.1) is 0 Å². The highest BCUT2D eigenvalue weighted by Crippen LogP contribution is 2.40. The number of unbranched alkanes of at least 4 members (excludes halogenated alkanes) is 1. The minimum absolute atomic E-state index is 0.0180. The van der Waals surface area contributed by atoms with Crippen molar-refractivity contribution in [3.63, 3.8) is 0 Å². The normalized spacial score (nSPS) is 18.7. The molecule has 0 saturated heterocycles. The highest BCUT2D eigenvalue weighted by molar-refractivity contribution is 5.87. The van der Waals surface area contributed by atoms with Gasteiger partial charge in [0.2, 0.25) is 0 Å². The van der Waals surface area contributed by atoms with E-state index in [1.165, 1.54) is 6.08 Å². The number of nitrogens with two attached hydrogens (primary N) is 2. The zero-order valence-corrected chi connectivity index (χ0v) is 21.5. The van der Waals surface area contributed by atoms with E-state index in [1.807, 2.05) is 12.1 Å². The number of rotatable bonds is 10. The highest BCUT2D eigenvalue weighted by atomic mass is 19.4. The van der Waals surface area contributed by atoms with Crippen LogP contribution in [0, 0.1) is 11.8 Å². The molecule has 0 heterocycles. The van der Waals surface area contributed by atoms with Crippen LogP contribution >= 0.6 is 0 Å². The summed E-state index contributed by atoms with van der Waals surface area (Å²) in [6.07, 6.45) is 1.72. The van der Waals surface area contributed by atoms with E-state index in [2.05, 4.69) is 6.92 Å². The molecule has 1 saturated carbocycles. The van der Waals surface area contributed by atoms with Gasteiger partial charge in [-0.3, -0.25) is 4.79 Å². The third kappa shape index (κ3) is 8.82. The molecule has 1 aliphatic carbocycles. The third-order valence-electron chi connectivity index (χ3n) is 6.84. The van der Waals surface area contributed by atoms with Crippen molar-refractivity contribution in [3.8, 4) is 5.75 Å². The molecule has 2 aromatic carbocycles. The van der Waals surface area contributed by atoms with Gasteiger partial charge >= 0.3 is 18.1 Å². The Kier molecular flexibility index (Phi) is 10.2. The van der Waals surface area contributed by atoms with Gasteiger partial charge in [0.15, 0.2) is 0 Å². The number of carbonyl (C=O) groups excluding carboxylic acids is 2. The second-order valence-electron chi connectivity index (χ2n) is 9.82. The molecule has 206 valence electrons. The molecule has 0 bridgehead atoms. The predicted octanol–water partition coefficient (Wildman–Crippen LogP) is 6.66. The molecular weight excluding hydrogens is 497 g/mol. The Morgan fingerprint density at radius 1 is 1.03 bits per heavy atom. The SMILES string of the molecule is CCCCC(COC(=O)/C=C/c1ccc(OC(=O)C2CCC(C(F)(F)F)CC2)cc1)c1cc(N)cc(N)c1. The van der Waals surface area contributed by atoms with E-state index >= 15 is 0 Å². The van der Waals surface area contributed by atoms with Gasteiger partial charge in [-0.25, -0.2) is 4.79 Å². The van der Waals surface area contributed by atoms with Crippen LogP contribution in [0.5, 0.6) is 5.75 Å². The molecule has 1 fully saturated rings. The number of alkyl halides is 3. The van der Waals surface area contributed by atoms with Crippen molar-refractivity contribution < 1.29 is 32.2 Å². The Labute approximate surface area is 221 Å². The first kappa shape index (κ1) is 29.1. The number of hydrogen-bond donors (Lipinski definition) is 2. The highest BCUT2D eigenvalue weighted by Gasteiger charge is 2.42. The van der Waals surface area contributed by atoms with Crippen LogP contribution in [0.2, 0.25) is 0 Å². The van der Waals surface area contributed by atoms with Crippen LogP contribution in [0.25, 0.3) is 6.08 Å². The number of anilines is 2. The van der Waals surface area contributed by atoms with Crippen molar-refractivity contribution >= 4 is 29.4 Å². The van der Waals surface area contributed by atoms with E-state index < -0.39 is 30.0 Å². The van der Waals surface area contributed by atoms with Crippen molar-refractivity contribution in [2.75, 3.05) is 18.1 Å². The summed E-state index contributed by atoms with van der Waals surface area (Å²) >= 11 is 0. The van der Waals surface area contributed by atoms with Gasteiger partial charge in [0.05, 0.1) is 18.4 Å². The lowest BCUT2D eigenvalue weighted by atomic mass is 9.82. The standard InChI is InChI=1S/C29H35F3N2O4/c1-2-3-4-21(22-15-24(33)17-25(34)16-22)18-37-27(35)14-7-19-5-12-26(13-6-19)38-28(36)20-8-10-23(11-9-20)29(30,31)32/h5-7,12-17,20-21,23H,2-4,8-11,18,33-34H2,1H3/b14-7+. The summed E-state index contributed by atoms with van der Waals surface area (Å²) in [5.74, 6) is -2.61. The van der Waals surface area contributed by atoms with Crippen LogP contribution in [-0.4, -0.2) is 24.7 Å². The Morgan fingerprint density at radius 2 is 1.66 bits per heavy atom. The van der Waals surface area contributed by atoms with Gasteiger partial charge in [0, 0.05) is 23.4 Å². The van der Waals surface area contributed by atoms with E-state index in [0.29, 0.717) is 22.7 Å². The maximum absolute atomic E-state index is 12.8. The Balaban J connectivity index is 1.49. The molecule has 3 rings (SSSR count). The number of carbonyl (C=O) groups is 2. The fourth-order valence-electron chi connectivity index (χ4n) is 4.63. The molecule has 38 heavy (non-hydrogen) atoms. The van der Waals surface area contributed by atoms with Crippen molar-refractivity contribution in [2.24, 2.45) is 11.8 Å². The molecule has 0 amide bonds. The van der Waals surface area contributed by atoms with E-state index in [1.54, 1.807) is 36.4 Å². The second kappa shape index (κ2) is 13.3. The van der Waals surface area contributed by atoms with Gasteiger partial charge in [-0.1, -0.05) is 31.9 Å². The van der Waals surface area contributed by atoms with Crippen LogP contribution in [0.1, 0.15) is 68.9 Å². The number of hydrogen-bond acceptors (Lipinski definition) is 6. The molecule has 0 radical (unpaired) electrons. The summed E-state index contributed by atoms with van der Waals surface area (Å²) in [5.41, 5.74) is 14.6. The smallest absolute Gasteiger partial charge is 0.391 e. The van der Waals surface area contributed by atoms with Gasteiger partial charge in [0.25, 0.3) is 0 Å². The average Bonchev–Trinajstić information content (AvgIpc) is 2.87. The molecule has 1 aliphatic rings. The van der Waals surface area contributed by atoms with Gasteiger partial charge < -0.3 is 20.9 Å². The Bertz CT molecular complexity index is 1090. The number of benzene rings is 2. The number of ether oxygens (including phenoxy) is 2. The van der Waals surface area contributed by atoms with E-state index in [9.17, 15) is 22.8 Å². The molecule has 0 aromatic heterocycles. The van der Waals surface area contributed by atoms with Crippen molar-refractivity contribution in [3.05, 3.63) is 59.7 Å². The summed E-state index contributed by atoms with van der Waals surface area (Å²) in [6.45, 7) is 2.29.